The van der Waals surface area contributed by atoms with Crippen LogP contribution in [0.15, 0.2) is 36.0 Å². The highest BCUT2D eigenvalue weighted by atomic mass is 32.3. The molecular formula is C8H12O6S3. The van der Waals surface area contributed by atoms with Gasteiger partial charge >= 0.3 is 0 Å². The molecule has 0 fully saturated rings. The van der Waals surface area contributed by atoms with E-state index >= 15 is 0 Å². The highest BCUT2D eigenvalue weighted by Crippen LogP contribution is 2.34. The van der Waals surface area contributed by atoms with E-state index in [-0.39, 0.29) is 16.2 Å². The Balaban J connectivity index is 6.86. The van der Waals surface area contributed by atoms with Gasteiger partial charge in [-0.2, -0.15) is 0 Å². The summed E-state index contributed by atoms with van der Waals surface area (Å²) in [6.45, 7) is 9.28. The van der Waals surface area contributed by atoms with Crippen molar-refractivity contribution in [1.29, 1.82) is 0 Å². The predicted molar refractivity (Wildman–Crippen MR) is 65.8 cm³/mol. The average Bonchev–Trinajstić information content (AvgIpc) is 2.27. The molecule has 0 rings (SSSR count). The maximum absolute atomic E-state index is 11.7. The maximum atomic E-state index is 11.7. The average molecular weight is 300 g/mol. The summed E-state index contributed by atoms with van der Waals surface area (Å²) in [4.78, 5) is 0. The van der Waals surface area contributed by atoms with Crippen LogP contribution >= 0.6 is 0 Å². The summed E-state index contributed by atoms with van der Waals surface area (Å²) >= 11 is 0. The molecule has 0 radical (unpaired) electrons. The van der Waals surface area contributed by atoms with Gasteiger partial charge in [0.1, 0.15) is 0 Å². The van der Waals surface area contributed by atoms with E-state index < -0.39 is 32.9 Å². The van der Waals surface area contributed by atoms with Gasteiger partial charge in [-0.25, -0.2) is 25.3 Å². The third kappa shape index (κ3) is 2.09. The van der Waals surface area contributed by atoms with Crippen molar-refractivity contribution in [2.75, 3.05) is 0 Å². The van der Waals surface area contributed by atoms with Crippen molar-refractivity contribution in [1.82, 2.24) is 0 Å². The standard InChI is InChI=1S/C8H12O6S3/c1-5-15(9,10)8(4,16(11,12)6-2)17(13,14)7-3/h5-7H,1-3H2,4H3. The lowest BCUT2D eigenvalue weighted by Crippen LogP contribution is -2.47. The lowest BCUT2D eigenvalue weighted by molar-refractivity contribution is 0.566. The molecule has 0 amide bonds. The first-order valence-corrected chi connectivity index (χ1v) is 8.68. The molecule has 0 aromatic carbocycles. The normalized spacial score (nSPS) is 13.9. The maximum Gasteiger partial charge on any atom is 0.280 e. The van der Waals surface area contributed by atoms with E-state index in [1.807, 2.05) is 0 Å². The van der Waals surface area contributed by atoms with Crippen molar-refractivity contribution >= 4 is 29.5 Å². The Labute approximate surface area is 101 Å². The first-order valence-electron chi connectivity index (χ1n) is 4.04. The van der Waals surface area contributed by atoms with Crippen LogP contribution in [0.3, 0.4) is 0 Å². The van der Waals surface area contributed by atoms with Crippen LogP contribution in [0.2, 0.25) is 0 Å². The molecule has 6 nitrogen and oxygen atoms in total. The van der Waals surface area contributed by atoms with Crippen LogP contribution in [0, 0.1) is 0 Å². The van der Waals surface area contributed by atoms with Crippen LogP contribution < -0.4 is 0 Å². The zero-order chi connectivity index (χ0) is 14.1. The summed E-state index contributed by atoms with van der Waals surface area (Å²) in [6, 6.07) is 0. The minimum atomic E-state index is -4.65. The molecule has 0 aromatic rings. The zero-order valence-corrected chi connectivity index (χ0v) is 11.5. The van der Waals surface area contributed by atoms with Crippen LogP contribution in [0.25, 0.3) is 0 Å². The zero-order valence-electron chi connectivity index (χ0n) is 9.03. The molecule has 9 heteroatoms. The summed E-state index contributed by atoms with van der Waals surface area (Å²) in [5.41, 5.74) is 0. The van der Waals surface area contributed by atoms with E-state index in [1.165, 1.54) is 0 Å². The SMILES string of the molecule is C=CS(=O)(=O)C(C)(S(=O)(=O)C=C)S(=O)(=O)C=C. The van der Waals surface area contributed by atoms with Crippen molar-refractivity contribution < 1.29 is 25.3 Å². The van der Waals surface area contributed by atoms with Gasteiger partial charge in [-0.1, -0.05) is 19.7 Å². The molecule has 0 atom stereocenters. The predicted octanol–water partition coefficient (Wildman–Crippen LogP) is 0.335. The summed E-state index contributed by atoms with van der Waals surface area (Å²) in [7, 11) is -14.0. The van der Waals surface area contributed by atoms with Gasteiger partial charge in [-0.15, -0.1) is 0 Å². The first-order chi connectivity index (χ1) is 7.43. The Morgan fingerprint density at radius 1 is 0.706 bits per heavy atom. The van der Waals surface area contributed by atoms with Gasteiger partial charge in [-0.05, 0) is 6.92 Å². The van der Waals surface area contributed by atoms with E-state index in [0.717, 1.165) is 0 Å². The summed E-state index contributed by atoms with van der Waals surface area (Å²) in [5, 5.41) is 0.819. The van der Waals surface area contributed by atoms with Crippen molar-refractivity contribution in [3.63, 3.8) is 0 Å². The lowest BCUT2D eigenvalue weighted by atomic mass is 10.9. The Morgan fingerprint density at radius 2 is 0.882 bits per heavy atom. The van der Waals surface area contributed by atoms with E-state index in [9.17, 15) is 25.3 Å². The third-order valence-electron chi connectivity index (χ3n) is 2.21. The van der Waals surface area contributed by atoms with Crippen LogP contribution in [-0.4, -0.2) is 28.7 Å². The van der Waals surface area contributed by atoms with Gasteiger partial charge in [0.2, 0.25) is 29.5 Å². The fourth-order valence-corrected chi connectivity index (χ4v) is 6.96. The van der Waals surface area contributed by atoms with E-state index in [0.29, 0.717) is 6.92 Å². The molecule has 0 saturated heterocycles. The fraction of sp³-hybridized carbons (Fsp3) is 0.250. The molecule has 0 saturated carbocycles. The molecule has 0 bridgehead atoms. The molecule has 0 N–H and O–H groups in total. The number of rotatable bonds is 6. The monoisotopic (exact) mass is 300 g/mol. The van der Waals surface area contributed by atoms with Gasteiger partial charge in [0.15, 0.2) is 0 Å². The molecule has 0 spiro atoms. The number of hydrogen-bond donors (Lipinski definition) is 0. The van der Waals surface area contributed by atoms with Gasteiger partial charge in [0.05, 0.1) is 0 Å². The van der Waals surface area contributed by atoms with Crippen LogP contribution in [0.5, 0.6) is 0 Å². The molecule has 0 aliphatic heterocycles. The molecule has 0 aliphatic rings. The summed E-state index contributed by atoms with van der Waals surface area (Å²) in [5.74, 6) is 0. The number of hydrogen-bond acceptors (Lipinski definition) is 6. The van der Waals surface area contributed by atoms with Crippen LogP contribution in [-0.2, 0) is 29.5 Å². The largest absolute Gasteiger partial charge is 0.280 e. The fourth-order valence-electron chi connectivity index (χ4n) is 0.940. The quantitative estimate of drug-likeness (QED) is 0.700. The van der Waals surface area contributed by atoms with Crippen molar-refractivity contribution in [2.24, 2.45) is 0 Å². The Kier molecular flexibility index (Phi) is 4.15. The third-order valence-corrected chi connectivity index (χ3v) is 10.8. The molecule has 0 heterocycles. The minimum Gasteiger partial charge on any atom is -0.222 e. The summed E-state index contributed by atoms with van der Waals surface area (Å²) < 4.78 is 66.9. The van der Waals surface area contributed by atoms with Crippen molar-refractivity contribution in [2.45, 2.75) is 10.3 Å². The molecule has 98 valence electrons. The van der Waals surface area contributed by atoms with Crippen LogP contribution in [0.1, 0.15) is 6.92 Å². The Morgan fingerprint density at radius 3 is 1.00 bits per heavy atom. The molecule has 0 unspecified atom stereocenters. The van der Waals surface area contributed by atoms with Gasteiger partial charge in [-0.3, -0.25) is 0 Å². The first kappa shape index (κ1) is 16.1. The summed E-state index contributed by atoms with van der Waals surface area (Å²) in [6.07, 6.45) is 0. The highest BCUT2D eigenvalue weighted by Gasteiger charge is 2.57. The van der Waals surface area contributed by atoms with Gasteiger partial charge in [0, 0.05) is 16.2 Å². The van der Waals surface area contributed by atoms with Gasteiger partial charge in [0.25, 0.3) is 3.41 Å². The smallest absolute Gasteiger partial charge is 0.222 e. The van der Waals surface area contributed by atoms with E-state index in [1.54, 1.807) is 0 Å². The second kappa shape index (κ2) is 4.39. The van der Waals surface area contributed by atoms with E-state index in [2.05, 4.69) is 19.7 Å². The van der Waals surface area contributed by atoms with E-state index in [4.69, 9.17) is 0 Å². The van der Waals surface area contributed by atoms with Gasteiger partial charge < -0.3 is 0 Å². The van der Waals surface area contributed by atoms with Crippen molar-refractivity contribution in [3.8, 4) is 0 Å². The molecule has 17 heavy (non-hydrogen) atoms. The number of sulfone groups is 3. The second-order valence-corrected chi connectivity index (χ2v) is 10.5. The Bertz CT molecular complexity index is 555. The molecule has 0 aliphatic carbocycles. The van der Waals surface area contributed by atoms with Crippen LogP contribution in [0.4, 0.5) is 0 Å². The highest BCUT2D eigenvalue weighted by molar-refractivity contribution is 8.28. The molecular weight excluding hydrogens is 288 g/mol. The minimum absolute atomic E-state index is 0.273. The second-order valence-electron chi connectivity index (χ2n) is 3.00. The lowest BCUT2D eigenvalue weighted by Gasteiger charge is -2.23. The molecule has 0 aromatic heterocycles. The Hall–Kier alpha value is -0.930. The van der Waals surface area contributed by atoms with Crippen molar-refractivity contribution in [3.05, 3.63) is 36.0 Å². The topological polar surface area (TPSA) is 102 Å².